The smallest absolute Gasteiger partial charge is 0.196 e. The van der Waals surface area contributed by atoms with Gasteiger partial charge in [0.2, 0.25) is 0 Å². The van der Waals surface area contributed by atoms with Crippen LogP contribution in [0, 0.1) is 0 Å². The van der Waals surface area contributed by atoms with Crippen molar-refractivity contribution in [3.63, 3.8) is 0 Å². The van der Waals surface area contributed by atoms with E-state index in [-0.39, 0.29) is 0 Å². The van der Waals surface area contributed by atoms with E-state index in [0.717, 1.165) is 43.9 Å². The lowest BCUT2D eigenvalue weighted by Crippen LogP contribution is -2.30. The van der Waals surface area contributed by atoms with Gasteiger partial charge < -0.3 is 29.6 Å². The van der Waals surface area contributed by atoms with Crippen LogP contribution in [0.15, 0.2) is 47.5 Å². The lowest BCUT2D eigenvalue weighted by molar-refractivity contribution is -0.0390. The minimum atomic E-state index is 0.309. The first-order valence-corrected chi connectivity index (χ1v) is 10.8. The standard InChI is InChI=1S/C24H33N3O4/c1-4-25-24(27-20-9-10-22(28-2)23(15-20)29-3)26-16-18-5-7-19(8-6-18)17-31-21-11-13-30-14-12-21/h5-10,15,21H,4,11-14,16-17H2,1-3H3,(H2,25,26,27). The summed E-state index contributed by atoms with van der Waals surface area (Å²) < 4.78 is 22.0. The Balaban J connectivity index is 1.57. The van der Waals surface area contributed by atoms with Crippen molar-refractivity contribution in [2.75, 3.05) is 39.3 Å². The minimum Gasteiger partial charge on any atom is -0.493 e. The number of aliphatic imine (C=N–C) groups is 1. The highest BCUT2D eigenvalue weighted by Gasteiger charge is 2.14. The van der Waals surface area contributed by atoms with Crippen molar-refractivity contribution in [1.82, 2.24) is 5.32 Å². The Morgan fingerprint density at radius 2 is 1.71 bits per heavy atom. The number of rotatable bonds is 9. The Morgan fingerprint density at radius 3 is 2.39 bits per heavy atom. The number of nitrogens with one attached hydrogen (secondary N) is 2. The van der Waals surface area contributed by atoms with E-state index in [0.29, 0.717) is 36.7 Å². The molecule has 1 saturated heterocycles. The average molecular weight is 428 g/mol. The van der Waals surface area contributed by atoms with E-state index in [1.807, 2.05) is 25.1 Å². The van der Waals surface area contributed by atoms with Crippen molar-refractivity contribution in [2.24, 2.45) is 4.99 Å². The molecule has 2 N–H and O–H groups in total. The molecule has 0 atom stereocenters. The zero-order chi connectivity index (χ0) is 21.9. The normalized spacial score (nSPS) is 14.9. The third kappa shape index (κ3) is 7.15. The molecule has 2 aromatic carbocycles. The molecule has 31 heavy (non-hydrogen) atoms. The second-order valence-corrected chi connectivity index (χ2v) is 7.33. The average Bonchev–Trinajstić information content (AvgIpc) is 2.82. The first kappa shape index (κ1) is 22.9. The molecular weight excluding hydrogens is 394 g/mol. The van der Waals surface area contributed by atoms with Gasteiger partial charge in [0.05, 0.1) is 33.5 Å². The second kappa shape index (κ2) is 12.2. The first-order chi connectivity index (χ1) is 15.2. The van der Waals surface area contributed by atoms with Crippen LogP contribution in [-0.4, -0.2) is 46.0 Å². The van der Waals surface area contributed by atoms with Crippen molar-refractivity contribution < 1.29 is 18.9 Å². The summed E-state index contributed by atoms with van der Waals surface area (Å²) in [6, 6.07) is 14.1. The van der Waals surface area contributed by atoms with Crippen molar-refractivity contribution in [3.8, 4) is 11.5 Å². The summed E-state index contributed by atoms with van der Waals surface area (Å²) in [6.07, 6.45) is 2.27. The summed E-state index contributed by atoms with van der Waals surface area (Å²) in [5.74, 6) is 2.07. The maximum Gasteiger partial charge on any atom is 0.196 e. The number of guanidine groups is 1. The molecule has 0 saturated carbocycles. The van der Waals surface area contributed by atoms with Crippen LogP contribution in [0.3, 0.4) is 0 Å². The van der Waals surface area contributed by atoms with E-state index >= 15 is 0 Å². The summed E-state index contributed by atoms with van der Waals surface area (Å²) in [4.78, 5) is 4.70. The van der Waals surface area contributed by atoms with Crippen LogP contribution in [0.25, 0.3) is 0 Å². The molecule has 1 aliphatic heterocycles. The molecule has 0 spiro atoms. The van der Waals surface area contributed by atoms with Gasteiger partial charge in [-0.1, -0.05) is 24.3 Å². The van der Waals surface area contributed by atoms with Crippen molar-refractivity contribution in [1.29, 1.82) is 0 Å². The third-order valence-corrected chi connectivity index (χ3v) is 5.09. The van der Waals surface area contributed by atoms with Crippen molar-refractivity contribution >= 4 is 11.6 Å². The van der Waals surface area contributed by atoms with Gasteiger partial charge in [-0.25, -0.2) is 4.99 Å². The molecule has 168 valence electrons. The monoisotopic (exact) mass is 427 g/mol. The molecule has 1 aliphatic rings. The quantitative estimate of drug-likeness (QED) is 0.466. The Kier molecular flexibility index (Phi) is 8.99. The van der Waals surface area contributed by atoms with Gasteiger partial charge in [-0.3, -0.25) is 0 Å². The molecule has 0 aliphatic carbocycles. The maximum atomic E-state index is 5.99. The van der Waals surface area contributed by atoms with E-state index in [1.165, 1.54) is 5.56 Å². The molecule has 1 fully saturated rings. The van der Waals surface area contributed by atoms with E-state index in [2.05, 4.69) is 34.9 Å². The van der Waals surface area contributed by atoms with Crippen LogP contribution >= 0.6 is 0 Å². The molecule has 0 unspecified atom stereocenters. The number of benzene rings is 2. The highest BCUT2D eigenvalue weighted by atomic mass is 16.5. The molecule has 7 heteroatoms. The fraction of sp³-hybridized carbons (Fsp3) is 0.458. The molecule has 0 bridgehead atoms. The zero-order valence-corrected chi connectivity index (χ0v) is 18.6. The van der Waals surface area contributed by atoms with E-state index in [1.54, 1.807) is 14.2 Å². The number of anilines is 1. The molecule has 0 aromatic heterocycles. The summed E-state index contributed by atoms with van der Waals surface area (Å²) >= 11 is 0. The fourth-order valence-electron chi connectivity index (χ4n) is 3.33. The topological polar surface area (TPSA) is 73.3 Å². The van der Waals surface area contributed by atoms with Crippen LogP contribution in [0.2, 0.25) is 0 Å². The number of ether oxygens (including phenoxy) is 4. The van der Waals surface area contributed by atoms with Crippen LogP contribution in [0.1, 0.15) is 30.9 Å². The highest BCUT2D eigenvalue weighted by molar-refractivity contribution is 5.93. The van der Waals surface area contributed by atoms with E-state index in [4.69, 9.17) is 23.9 Å². The number of methoxy groups -OCH3 is 2. The Bertz CT molecular complexity index is 833. The minimum absolute atomic E-state index is 0.309. The van der Waals surface area contributed by atoms with Gasteiger partial charge in [0.1, 0.15) is 0 Å². The first-order valence-electron chi connectivity index (χ1n) is 10.8. The Labute approximate surface area is 184 Å². The van der Waals surface area contributed by atoms with Gasteiger partial charge in [-0.2, -0.15) is 0 Å². The van der Waals surface area contributed by atoms with Crippen molar-refractivity contribution in [3.05, 3.63) is 53.6 Å². The van der Waals surface area contributed by atoms with Gasteiger partial charge in [0.25, 0.3) is 0 Å². The van der Waals surface area contributed by atoms with Gasteiger partial charge in [-0.05, 0) is 43.0 Å². The largest absolute Gasteiger partial charge is 0.493 e. The Hall–Kier alpha value is -2.77. The molecule has 3 rings (SSSR count). The van der Waals surface area contributed by atoms with Crippen LogP contribution < -0.4 is 20.1 Å². The molecule has 7 nitrogen and oxygen atoms in total. The molecule has 0 radical (unpaired) electrons. The van der Waals surface area contributed by atoms with Gasteiger partial charge in [-0.15, -0.1) is 0 Å². The number of hydrogen-bond donors (Lipinski definition) is 2. The number of nitrogens with zero attached hydrogens (tertiary/aromatic N) is 1. The van der Waals surface area contributed by atoms with Gasteiger partial charge in [0, 0.05) is 31.5 Å². The molecule has 1 heterocycles. The molecular formula is C24H33N3O4. The summed E-state index contributed by atoms with van der Waals surface area (Å²) in [7, 11) is 3.25. The second-order valence-electron chi connectivity index (χ2n) is 7.33. The maximum absolute atomic E-state index is 5.99. The third-order valence-electron chi connectivity index (χ3n) is 5.09. The van der Waals surface area contributed by atoms with Gasteiger partial charge in [0.15, 0.2) is 17.5 Å². The predicted octanol–water partition coefficient (Wildman–Crippen LogP) is 3.98. The lowest BCUT2D eigenvalue weighted by atomic mass is 10.1. The predicted molar refractivity (Wildman–Crippen MR) is 123 cm³/mol. The van der Waals surface area contributed by atoms with Crippen LogP contribution in [0.4, 0.5) is 5.69 Å². The Morgan fingerprint density at radius 1 is 1.00 bits per heavy atom. The van der Waals surface area contributed by atoms with Crippen LogP contribution in [0.5, 0.6) is 11.5 Å². The summed E-state index contributed by atoms with van der Waals surface area (Å²) in [5, 5.41) is 6.59. The summed E-state index contributed by atoms with van der Waals surface area (Å²) in [6.45, 7) is 5.61. The van der Waals surface area contributed by atoms with Crippen molar-refractivity contribution in [2.45, 2.75) is 39.0 Å². The fourth-order valence-corrected chi connectivity index (χ4v) is 3.33. The molecule has 2 aromatic rings. The highest BCUT2D eigenvalue weighted by Crippen LogP contribution is 2.29. The van der Waals surface area contributed by atoms with Crippen LogP contribution in [-0.2, 0) is 22.6 Å². The lowest BCUT2D eigenvalue weighted by Gasteiger charge is -2.22. The zero-order valence-electron chi connectivity index (χ0n) is 18.6. The number of hydrogen-bond acceptors (Lipinski definition) is 5. The molecule has 0 amide bonds. The van der Waals surface area contributed by atoms with E-state index in [9.17, 15) is 0 Å². The van der Waals surface area contributed by atoms with Gasteiger partial charge >= 0.3 is 0 Å². The summed E-state index contributed by atoms with van der Waals surface area (Å²) in [5.41, 5.74) is 3.19. The van der Waals surface area contributed by atoms with E-state index < -0.39 is 0 Å². The SMILES string of the molecule is CCNC(=NCc1ccc(COC2CCOCC2)cc1)Nc1ccc(OC)c(OC)c1.